The maximum atomic E-state index is 12.3. The zero-order valence-corrected chi connectivity index (χ0v) is 22.4. The first-order valence-corrected chi connectivity index (χ1v) is 12.8. The summed E-state index contributed by atoms with van der Waals surface area (Å²) < 4.78 is 15.6. The summed E-state index contributed by atoms with van der Waals surface area (Å²) in [6, 6.07) is 7.81. The Bertz CT molecular complexity index is 1440. The van der Waals surface area contributed by atoms with Crippen LogP contribution in [0.4, 0.5) is 0 Å². The van der Waals surface area contributed by atoms with Gasteiger partial charge < -0.3 is 9.47 Å². The molecule has 1 fully saturated rings. The van der Waals surface area contributed by atoms with Crippen LogP contribution in [-0.2, 0) is 20.9 Å². The second kappa shape index (κ2) is 10.9. The van der Waals surface area contributed by atoms with Gasteiger partial charge in [0.15, 0.2) is 12.1 Å². The van der Waals surface area contributed by atoms with Gasteiger partial charge in [0.05, 0.1) is 30.1 Å². The van der Waals surface area contributed by atoms with Gasteiger partial charge in [-0.15, -0.1) is 0 Å². The normalized spacial score (nSPS) is 15.8. The third-order valence-corrected chi connectivity index (χ3v) is 6.49. The topological polar surface area (TPSA) is 109 Å². The number of benzene rings is 1. The lowest BCUT2D eigenvalue weighted by molar-refractivity contribution is -0.169. The third kappa shape index (κ3) is 5.25. The molecular weight excluding hydrogens is 486 g/mol. The zero-order valence-electron chi connectivity index (χ0n) is 22.4. The molecule has 11 heteroatoms. The minimum Gasteiger partial charge on any atom is -0.491 e. The Hall–Kier alpha value is -3.83. The van der Waals surface area contributed by atoms with Gasteiger partial charge in [0, 0.05) is 37.0 Å². The molecule has 4 aromatic rings. The lowest BCUT2D eigenvalue weighted by atomic mass is 10.1. The summed E-state index contributed by atoms with van der Waals surface area (Å²) in [6.45, 7) is 6.66. The maximum Gasteiger partial charge on any atom is 0.267 e. The summed E-state index contributed by atoms with van der Waals surface area (Å²) in [6.07, 6.45) is 6.48. The van der Waals surface area contributed by atoms with Crippen molar-refractivity contribution in [3.05, 3.63) is 42.4 Å². The predicted octanol–water partition coefficient (Wildman–Crippen LogP) is 4.17. The minimum atomic E-state index is -0.216. The largest absolute Gasteiger partial charge is 0.491 e. The number of aryl methyl sites for hydroxylation is 1. The van der Waals surface area contributed by atoms with Gasteiger partial charge in [0.25, 0.3) is 5.91 Å². The molecule has 3 aromatic heterocycles. The van der Waals surface area contributed by atoms with E-state index in [9.17, 15) is 4.79 Å². The van der Waals surface area contributed by atoms with E-state index in [1.54, 1.807) is 17.9 Å². The molecule has 1 aliphatic rings. The number of ether oxygens (including phenoxy) is 2. The predicted molar refractivity (Wildman–Crippen MR) is 141 cm³/mol. The fraction of sp³-hybridized carbons (Fsp3) is 0.444. The van der Waals surface area contributed by atoms with E-state index in [-0.39, 0.29) is 24.8 Å². The van der Waals surface area contributed by atoms with Crippen molar-refractivity contribution in [2.24, 2.45) is 0 Å². The highest BCUT2D eigenvalue weighted by Gasteiger charge is 2.24. The van der Waals surface area contributed by atoms with Crippen molar-refractivity contribution in [1.29, 1.82) is 0 Å². The van der Waals surface area contributed by atoms with E-state index in [0.717, 1.165) is 47.2 Å². The number of nitrogens with zero attached hydrogens (tertiary/aromatic N) is 7. The first kappa shape index (κ1) is 25.8. The molecule has 1 unspecified atom stereocenters. The third-order valence-electron chi connectivity index (χ3n) is 6.49. The molecule has 0 radical (unpaired) electrons. The SMILES string of the molecule is CON(C)C(=O)Cn1cc(-c2ccnc(-c3nn(C4CCCCO4)c4ccc(OC(C)C)cc34)n2)c(C)n1. The fourth-order valence-corrected chi connectivity index (χ4v) is 4.58. The Kier molecular flexibility index (Phi) is 7.39. The van der Waals surface area contributed by atoms with E-state index in [1.165, 1.54) is 12.2 Å². The summed E-state index contributed by atoms with van der Waals surface area (Å²) in [4.78, 5) is 26.7. The fourth-order valence-electron chi connectivity index (χ4n) is 4.58. The van der Waals surface area contributed by atoms with Crippen LogP contribution in [0.2, 0.25) is 0 Å². The van der Waals surface area contributed by atoms with Gasteiger partial charge in [-0.2, -0.15) is 10.2 Å². The number of hydrogen-bond acceptors (Lipinski definition) is 8. The Morgan fingerprint density at radius 2 is 2.08 bits per heavy atom. The molecule has 5 rings (SSSR count). The van der Waals surface area contributed by atoms with Gasteiger partial charge in [-0.3, -0.25) is 14.3 Å². The van der Waals surface area contributed by atoms with Crippen LogP contribution in [-0.4, -0.2) is 67.4 Å². The van der Waals surface area contributed by atoms with Crippen molar-refractivity contribution < 1.29 is 19.1 Å². The van der Waals surface area contributed by atoms with Gasteiger partial charge in [-0.1, -0.05) is 0 Å². The van der Waals surface area contributed by atoms with Crippen molar-refractivity contribution in [1.82, 2.24) is 34.6 Å². The van der Waals surface area contributed by atoms with Crippen LogP contribution in [0.15, 0.2) is 36.7 Å². The first-order chi connectivity index (χ1) is 18.3. The number of rotatable bonds is 8. The highest BCUT2D eigenvalue weighted by molar-refractivity contribution is 5.93. The lowest BCUT2D eigenvalue weighted by Crippen LogP contribution is -2.29. The van der Waals surface area contributed by atoms with Gasteiger partial charge >= 0.3 is 0 Å². The Labute approximate surface area is 221 Å². The van der Waals surface area contributed by atoms with Crippen molar-refractivity contribution >= 4 is 16.8 Å². The summed E-state index contributed by atoms with van der Waals surface area (Å²) in [5, 5.41) is 11.5. The van der Waals surface area contributed by atoms with Crippen LogP contribution in [0.5, 0.6) is 5.75 Å². The summed E-state index contributed by atoms with van der Waals surface area (Å²) in [5.41, 5.74) is 3.86. The lowest BCUT2D eigenvalue weighted by Gasteiger charge is -2.23. The van der Waals surface area contributed by atoms with Crippen LogP contribution >= 0.6 is 0 Å². The quantitative estimate of drug-likeness (QED) is 0.319. The Balaban J connectivity index is 1.55. The average Bonchev–Trinajstić information content (AvgIpc) is 3.48. The number of likely N-dealkylation sites (N-methyl/N-ethyl adjacent to an activating group) is 1. The molecule has 1 saturated heterocycles. The molecule has 1 aliphatic heterocycles. The van der Waals surface area contributed by atoms with Crippen LogP contribution in [0.25, 0.3) is 33.7 Å². The van der Waals surface area contributed by atoms with Gasteiger partial charge in [-0.05, 0) is 64.3 Å². The molecule has 1 atom stereocenters. The summed E-state index contributed by atoms with van der Waals surface area (Å²) in [5.74, 6) is 1.04. The van der Waals surface area contributed by atoms with E-state index >= 15 is 0 Å². The van der Waals surface area contributed by atoms with Crippen molar-refractivity contribution in [3.8, 4) is 28.5 Å². The zero-order chi connectivity index (χ0) is 26.8. The molecule has 38 heavy (non-hydrogen) atoms. The number of hydrogen-bond donors (Lipinski definition) is 0. The molecule has 0 aliphatic carbocycles. The van der Waals surface area contributed by atoms with Crippen LogP contribution in [0.1, 0.15) is 45.0 Å². The highest BCUT2D eigenvalue weighted by Crippen LogP contribution is 2.34. The Morgan fingerprint density at radius 1 is 1.24 bits per heavy atom. The number of carbonyl (C=O) groups is 1. The summed E-state index contributed by atoms with van der Waals surface area (Å²) in [7, 11) is 3.01. The number of hydroxylamine groups is 2. The van der Waals surface area contributed by atoms with E-state index in [1.807, 2.05) is 55.9 Å². The average molecular weight is 520 g/mol. The van der Waals surface area contributed by atoms with Crippen molar-refractivity contribution in [3.63, 3.8) is 0 Å². The van der Waals surface area contributed by atoms with Crippen molar-refractivity contribution in [2.75, 3.05) is 20.8 Å². The second-order valence-electron chi connectivity index (χ2n) is 9.62. The van der Waals surface area contributed by atoms with Crippen LogP contribution in [0.3, 0.4) is 0 Å². The van der Waals surface area contributed by atoms with E-state index in [0.29, 0.717) is 23.8 Å². The number of carbonyl (C=O) groups excluding carboxylic acids is 1. The standard InChI is InChI=1S/C27H33N7O4/c1-17(2)38-19-9-10-23-20(14-19)26(31-34(23)25-8-6-7-13-37-25)27-28-12-11-22(29-27)21-15-33(30-18(21)3)16-24(35)32(4)36-5/h9-12,14-15,17,25H,6-8,13,16H2,1-5H3. The van der Waals surface area contributed by atoms with Gasteiger partial charge in [0.1, 0.15) is 18.0 Å². The molecule has 200 valence electrons. The van der Waals surface area contributed by atoms with E-state index in [2.05, 4.69) is 10.1 Å². The second-order valence-corrected chi connectivity index (χ2v) is 9.62. The van der Waals surface area contributed by atoms with Crippen LogP contribution < -0.4 is 4.74 Å². The molecule has 0 N–H and O–H groups in total. The van der Waals surface area contributed by atoms with Gasteiger partial charge in [0.2, 0.25) is 0 Å². The molecule has 0 saturated carbocycles. The van der Waals surface area contributed by atoms with E-state index < -0.39 is 0 Å². The van der Waals surface area contributed by atoms with Crippen LogP contribution in [0, 0.1) is 6.92 Å². The number of aromatic nitrogens is 6. The highest BCUT2D eigenvalue weighted by atomic mass is 16.7. The molecule has 1 amide bonds. The number of amides is 1. The summed E-state index contributed by atoms with van der Waals surface area (Å²) >= 11 is 0. The number of fused-ring (bicyclic) bond motifs is 1. The van der Waals surface area contributed by atoms with Crippen molar-refractivity contribution in [2.45, 2.75) is 58.9 Å². The minimum absolute atomic E-state index is 0.0438. The molecule has 0 spiro atoms. The molecule has 1 aromatic carbocycles. The molecule has 11 nitrogen and oxygen atoms in total. The molecular formula is C27H33N7O4. The molecule has 4 heterocycles. The van der Waals surface area contributed by atoms with E-state index in [4.69, 9.17) is 24.4 Å². The smallest absolute Gasteiger partial charge is 0.267 e. The Morgan fingerprint density at radius 3 is 2.82 bits per heavy atom. The monoisotopic (exact) mass is 519 g/mol. The first-order valence-electron chi connectivity index (χ1n) is 12.8. The van der Waals surface area contributed by atoms with Gasteiger partial charge in [-0.25, -0.2) is 19.7 Å². The maximum absolute atomic E-state index is 12.3. The molecule has 0 bridgehead atoms.